The van der Waals surface area contributed by atoms with E-state index in [1.54, 1.807) is 0 Å². The highest BCUT2D eigenvalue weighted by atomic mass is 35.5. The van der Waals surface area contributed by atoms with Crippen molar-refractivity contribution >= 4 is 18.3 Å². The molecule has 0 bridgehead atoms. The molecule has 0 saturated heterocycles. The Morgan fingerprint density at radius 1 is 1.33 bits per heavy atom. The number of carbonyl (C=O) groups is 1. The molecule has 2 rings (SSSR count). The predicted octanol–water partition coefficient (Wildman–Crippen LogP) is 3.19. The van der Waals surface area contributed by atoms with Crippen molar-refractivity contribution in [3.63, 3.8) is 0 Å². The van der Waals surface area contributed by atoms with Crippen molar-refractivity contribution in [3.05, 3.63) is 35.4 Å². The third kappa shape index (κ3) is 5.01. The molecule has 0 radical (unpaired) electrons. The zero-order chi connectivity index (χ0) is 14.9. The van der Waals surface area contributed by atoms with Crippen molar-refractivity contribution in [2.45, 2.75) is 51.5 Å². The summed E-state index contributed by atoms with van der Waals surface area (Å²) in [6.45, 7) is 8.75. The lowest BCUT2D eigenvalue weighted by molar-refractivity contribution is -0.122. The first-order valence-electron chi connectivity index (χ1n) is 7.44. The normalized spacial score (nSPS) is 20.9. The van der Waals surface area contributed by atoms with Gasteiger partial charge in [-0.2, -0.15) is 0 Å². The lowest BCUT2D eigenvalue weighted by Crippen LogP contribution is -2.45. The van der Waals surface area contributed by atoms with Crippen molar-refractivity contribution in [3.8, 4) is 0 Å². The lowest BCUT2D eigenvalue weighted by atomic mass is 10.00. The third-order valence-corrected chi connectivity index (χ3v) is 3.88. The number of nitrogens with one attached hydrogen (secondary N) is 1. The van der Waals surface area contributed by atoms with Gasteiger partial charge in [-0.3, -0.25) is 4.79 Å². The molecule has 1 aliphatic carbocycles. The van der Waals surface area contributed by atoms with Crippen LogP contribution in [0.3, 0.4) is 0 Å². The summed E-state index contributed by atoms with van der Waals surface area (Å²) < 4.78 is 0. The number of benzene rings is 1. The molecule has 2 unspecified atom stereocenters. The van der Waals surface area contributed by atoms with E-state index in [1.807, 2.05) is 13.8 Å². The Labute approximate surface area is 134 Å². The van der Waals surface area contributed by atoms with Crippen LogP contribution < -0.4 is 11.1 Å². The first-order valence-corrected chi connectivity index (χ1v) is 7.44. The van der Waals surface area contributed by atoms with E-state index >= 15 is 0 Å². The average molecular weight is 311 g/mol. The van der Waals surface area contributed by atoms with Crippen LogP contribution in [0.15, 0.2) is 24.3 Å². The predicted molar refractivity (Wildman–Crippen MR) is 89.9 cm³/mol. The maximum atomic E-state index is 12.0. The fraction of sp³-hybridized carbons (Fsp3) is 0.588. The quantitative estimate of drug-likeness (QED) is 0.877. The molecular formula is C17H27ClN2O. The minimum atomic E-state index is -0.348. The monoisotopic (exact) mass is 310 g/mol. The highest BCUT2D eigenvalue weighted by Gasteiger charge is 2.43. The van der Waals surface area contributed by atoms with Crippen LogP contribution in [-0.2, 0) is 4.79 Å². The van der Waals surface area contributed by atoms with Gasteiger partial charge < -0.3 is 11.1 Å². The van der Waals surface area contributed by atoms with E-state index in [1.165, 1.54) is 11.1 Å². The molecule has 0 aliphatic heterocycles. The second-order valence-corrected chi connectivity index (χ2v) is 6.98. The standard InChI is InChI=1S/C17H26N2O.ClH/c1-11(2)12-5-7-13(8-6-12)14-9-15(14)16(20)19-10-17(3,4)18;/h5-8,11,14-15H,9-10,18H2,1-4H3,(H,19,20);1H. The molecular weight excluding hydrogens is 284 g/mol. The number of halogens is 1. The second kappa shape index (κ2) is 6.80. The summed E-state index contributed by atoms with van der Waals surface area (Å²) in [7, 11) is 0. The van der Waals surface area contributed by atoms with E-state index < -0.39 is 0 Å². The molecule has 0 aromatic heterocycles. The van der Waals surface area contributed by atoms with Crippen LogP contribution >= 0.6 is 12.4 Å². The molecule has 21 heavy (non-hydrogen) atoms. The van der Waals surface area contributed by atoms with Crippen LogP contribution in [-0.4, -0.2) is 18.0 Å². The summed E-state index contributed by atoms with van der Waals surface area (Å²) in [5.41, 5.74) is 8.16. The van der Waals surface area contributed by atoms with Gasteiger partial charge >= 0.3 is 0 Å². The molecule has 1 aromatic rings. The van der Waals surface area contributed by atoms with Crippen LogP contribution in [0.25, 0.3) is 0 Å². The van der Waals surface area contributed by atoms with E-state index in [0.717, 1.165) is 6.42 Å². The third-order valence-electron chi connectivity index (χ3n) is 3.88. The molecule has 2 atom stereocenters. The van der Waals surface area contributed by atoms with Gasteiger partial charge in [0.2, 0.25) is 5.91 Å². The number of rotatable bonds is 5. The minimum absolute atomic E-state index is 0. The van der Waals surface area contributed by atoms with Crippen LogP contribution in [0.2, 0.25) is 0 Å². The average Bonchev–Trinajstić information content (AvgIpc) is 3.15. The Bertz CT molecular complexity index is 477. The van der Waals surface area contributed by atoms with Crippen LogP contribution in [0, 0.1) is 5.92 Å². The Hall–Kier alpha value is -1.06. The van der Waals surface area contributed by atoms with Gasteiger partial charge in [0.1, 0.15) is 0 Å². The van der Waals surface area contributed by atoms with Gasteiger partial charge in [0.05, 0.1) is 0 Å². The number of hydrogen-bond donors (Lipinski definition) is 2. The van der Waals surface area contributed by atoms with Crippen molar-refractivity contribution in [1.82, 2.24) is 5.32 Å². The summed E-state index contributed by atoms with van der Waals surface area (Å²) >= 11 is 0. The topological polar surface area (TPSA) is 55.1 Å². The largest absolute Gasteiger partial charge is 0.354 e. The smallest absolute Gasteiger partial charge is 0.223 e. The van der Waals surface area contributed by atoms with Crippen LogP contribution in [0.1, 0.15) is 57.1 Å². The van der Waals surface area contributed by atoms with Crippen molar-refractivity contribution in [1.29, 1.82) is 0 Å². The summed E-state index contributed by atoms with van der Waals surface area (Å²) in [6.07, 6.45) is 0.956. The molecule has 1 aromatic carbocycles. The van der Waals surface area contributed by atoms with Crippen LogP contribution in [0.5, 0.6) is 0 Å². The molecule has 1 aliphatic rings. The summed E-state index contributed by atoms with van der Waals surface area (Å²) in [6, 6.07) is 8.69. The van der Waals surface area contributed by atoms with Crippen molar-refractivity contribution in [2.24, 2.45) is 11.7 Å². The molecule has 0 heterocycles. The van der Waals surface area contributed by atoms with Gasteiger partial charge in [-0.1, -0.05) is 38.1 Å². The Balaban J connectivity index is 0.00000220. The molecule has 118 valence electrons. The number of carbonyl (C=O) groups excluding carboxylic acids is 1. The fourth-order valence-electron chi connectivity index (χ4n) is 2.43. The first kappa shape index (κ1) is 18.0. The molecule has 1 fully saturated rings. The highest BCUT2D eigenvalue weighted by molar-refractivity contribution is 5.85. The number of amides is 1. The maximum absolute atomic E-state index is 12.0. The van der Waals surface area contributed by atoms with Crippen molar-refractivity contribution in [2.75, 3.05) is 6.54 Å². The number of nitrogens with two attached hydrogens (primary N) is 1. The molecule has 4 heteroatoms. The molecule has 0 spiro atoms. The van der Waals surface area contributed by atoms with Gasteiger partial charge in [-0.25, -0.2) is 0 Å². The lowest BCUT2D eigenvalue weighted by Gasteiger charge is -2.18. The molecule has 1 amide bonds. The Kier molecular flexibility index (Phi) is 5.83. The van der Waals surface area contributed by atoms with Crippen molar-refractivity contribution < 1.29 is 4.79 Å². The highest BCUT2D eigenvalue weighted by Crippen LogP contribution is 2.47. The SMILES string of the molecule is CC(C)c1ccc(C2CC2C(=O)NCC(C)(C)N)cc1.Cl. The first-order chi connectivity index (χ1) is 9.28. The van der Waals surface area contributed by atoms with E-state index in [9.17, 15) is 4.79 Å². The van der Waals surface area contributed by atoms with E-state index in [-0.39, 0.29) is 29.8 Å². The van der Waals surface area contributed by atoms with E-state index in [0.29, 0.717) is 18.4 Å². The van der Waals surface area contributed by atoms with E-state index in [4.69, 9.17) is 5.73 Å². The van der Waals surface area contributed by atoms with Gasteiger partial charge in [0.25, 0.3) is 0 Å². The maximum Gasteiger partial charge on any atom is 0.223 e. The Morgan fingerprint density at radius 2 is 1.90 bits per heavy atom. The second-order valence-electron chi connectivity index (χ2n) is 6.98. The molecule has 3 N–H and O–H groups in total. The Morgan fingerprint density at radius 3 is 2.38 bits per heavy atom. The zero-order valence-electron chi connectivity index (χ0n) is 13.3. The van der Waals surface area contributed by atoms with Crippen LogP contribution in [0.4, 0.5) is 0 Å². The van der Waals surface area contributed by atoms with E-state index in [2.05, 4.69) is 43.4 Å². The summed E-state index contributed by atoms with van der Waals surface area (Å²) in [4.78, 5) is 12.0. The number of hydrogen-bond acceptors (Lipinski definition) is 2. The zero-order valence-corrected chi connectivity index (χ0v) is 14.2. The van der Waals surface area contributed by atoms with Gasteiger partial charge in [-0.15, -0.1) is 12.4 Å². The van der Waals surface area contributed by atoms with Gasteiger partial charge in [0, 0.05) is 18.0 Å². The fourth-order valence-corrected chi connectivity index (χ4v) is 2.43. The minimum Gasteiger partial charge on any atom is -0.354 e. The molecule has 3 nitrogen and oxygen atoms in total. The summed E-state index contributed by atoms with van der Waals surface area (Å²) in [5, 5.41) is 2.95. The van der Waals surface area contributed by atoms with Gasteiger partial charge in [-0.05, 0) is 43.2 Å². The molecule has 1 saturated carbocycles. The summed E-state index contributed by atoms with van der Waals surface area (Å²) in [5.74, 6) is 1.20. The van der Waals surface area contributed by atoms with Gasteiger partial charge in [0.15, 0.2) is 0 Å².